The van der Waals surface area contributed by atoms with E-state index in [1.165, 1.54) is 35.0 Å². The minimum Gasteiger partial charge on any atom is -0.453 e. The lowest BCUT2D eigenvalue weighted by Crippen LogP contribution is -2.41. The maximum Gasteiger partial charge on any atom is 0.417 e. The number of hydrogen-bond donors (Lipinski definition) is 1. The number of aromatic nitrogens is 2. The quantitative estimate of drug-likeness (QED) is 0.359. The molecule has 0 aliphatic rings. The van der Waals surface area contributed by atoms with Crippen LogP contribution in [0.4, 0.5) is 13.2 Å². The van der Waals surface area contributed by atoms with E-state index in [2.05, 4.69) is 5.10 Å². The maximum atomic E-state index is 13.3. The van der Waals surface area contributed by atoms with Crippen molar-refractivity contribution in [2.24, 2.45) is 5.84 Å². The van der Waals surface area contributed by atoms with Crippen molar-refractivity contribution in [1.82, 2.24) is 14.8 Å². The van der Waals surface area contributed by atoms with Crippen molar-refractivity contribution in [3.63, 3.8) is 0 Å². The minimum atomic E-state index is -4.70. The molecule has 0 aliphatic heterocycles. The number of hydrogen-bond acceptors (Lipinski definition) is 6. The number of nitrogens with two attached hydrogens (primary N) is 1. The Morgan fingerprint density at radius 3 is 2.33 bits per heavy atom. The van der Waals surface area contributed by atoms with E-state index in [9.17, 15) is 22.8 Å². The van der Waals surface area contributed by atoms with Crippen LogP contribution in [0.1, 0.15) is 39.8 Å². The number of carbonyl (C=O) groups is 2. The third kappa shape index (κ3) is 4.70. The molecule has 0 saturated carbocycles. The number of benzene rings is 2. The summed E-state index contributed by atoms with van der Waals surface area (Å²) in [7, 11) is 0. The highest BCUT2D eigenvalue weighted by molar-refractivity contribution is 6.03. The van der Waals surface area contributed by atoms with Crippen molar-refractivity contribution in [2.45, 2.75) is 26.9 Å². The molecule has 0 unspecified atom stereocenters. The summed E-state index contributed by atoms with van der Waals surface area (Å²) in [5.41, 5.74) is -0.422. The number of imide groups is 1. The molecule has 3 aromatic rings. The molecule has 2 aromatic carbocycles. The van der Waals surface area contributed by atoms with Crippen molar-refractivity contribution in [3.8, 4) is 23.3 Å². The van der Waals surface area contributed by atoms with Gasteiger partial charge in [-0.25, -0.2) is 15.5 Å². The van der Waals surface area contributed by atoms with Crippen LogP contribution in [0.25, 0.3) is 5.69 Å². The number of alkyl halides is 3. The average molecular weight is 457 g/mol. The van der Waals surface area contributed by atoms with Gasteiger partial charge in [0, 0.05) is 12.5 Å². The van der Waals surface area contributed by atoms with Crippen LogP contribution in [-0.2, 0) is 11.0 Å². The third-order valence-corrected chi connectivity index (χ3v) is 4.78. The summed E-state index contributed by atoms with van der Waals surface area (Å²) in [6.45, 7) is 4.41. The van der Waals surface area contributed by atoms with Gasteiger partial charge in [0.1, 0.15) is 11.4 Å². The second kappa shape index (κ2) is 8.76. The first-order chi connectivity index (χ1) is 15.4. The van der Waals surface area contributed by atoms with Crippen molar-refractivity contribution in [3.05, 3.63) is 70.5 Å². The third-order valence-electron chi connectivity index (χ3n) is 4.78. The molecule has 0 spiro atoms. The van der Waals surface area contributed by atoms with Gasteiger partial charge in [-0.2, -0.15) is 23.5 Å². The topological polar surface area (TPSA) is 114 Å². The summed E-state index contributed by atoms with van der Waals surface area (Å²) in [5.74, 6) is 4.76. The fraction of sp³-hybridized carbons (Fsp3) is 0.182. The predicted molar refractivity (Wildman–Crippen MR) is 110 cm³/mol. The van der Waals surface area contributed by atoms with Crippen molar-refractivity contribution < 1.29 is 27.5 Å². The molecule has 2 N–H and O–H groups in total. The molecule has 11 heteroatoms. The van der Waals surface area contributed by atoms with E-state index < -0.39 is 29.1 Å². The first kappa shape index (κ1) is 23.5. The van der Waals surface area contributed by atoms with Crippen LogP contribution in [0.2, 0.25) is 0 Å². The van der Waals surface area contributed by atoms with Crippen LogP contribution in [0.3, 0.4) is 0 Å². The van der Waals surface area contributed by atoms with Crippen LogP contribution < -0.4 is 10.6 Å². The van der Waals surface area contributed by atoms with Crippen molar-refractivity contribution >= 4 is 11.8 Å². The highest BCUT2D eigenvalue weighted by Gasteiger charge is 2.34. The Morgan fingerprint density at radius 2 is 1.79 bits per heavy atom. The van der Waals surface area contributed by atoms with Gasteiger partial charge in [-0.05, 0) is 56.3 Å². The van der Waals surface area contributed by atoms with Gasteiger partial charge >= 0.3 is 6.18 Å². The molecule has 0 saturated heterocycles. The molecule has 8 nitrogen and oxygen atoms in total. The van der Waals surface area contributed by atoms with Crippen LogP contribution >= 0.6 is 0 Å². The number of nitrogens with zero attached hydrogens (tertiary/aromatic N) is 4. The van der Waals surface area contributed by atoms with E-state index in [1.807, 2.05) is 0 Å². The van der Waals surface area contributed by atoms with Crippen molar-refractivity contribution in [1.29, 1.82) is 5.26 Å². The van der Waals surface area contributed by atoms with E-state index in [-0.39, 0.29) is 11.3 Å². The van der Waals surface area contributed by atoms with E-state index in [1.54, 1.807) is 19.9 Å². The minimum absolute atomic E-state index is 0.116. The van der Waals surface area contributed by atoms with Gasteiger partial charge in [-0.15, -0.1) is 0 Å². The van der Waals surface area contributed by atoms with Gasteiger partial charge in [-0.1, -0.05) is 0 Å². The van der Waals surface area contributed by atoms with Gasteiger partial charge in [0.2, 0.25) is 5.91 Å². The molecule has 2 amide bonds. The van der Waals surface area contributed by atoms with E-state index >= 15 is 0 Å². The summed E-state index contributed by atoms with van der Waals surface area (Å²) >= 11 is 0. The lowest BCUT2D eigenvalue weighted by atomic mass is 10.1. The number of hydrazine groups is 1. The second-order valence-electron chi connectivity index (χ2n) is 7.07. The Bertz CT molecular complexity index is 1270. The molecular weight excluding hydrogens is 439 g/mol. The average Bonchev–Trinajstić information content (AvgIpc) is 3.05. The molecule has 1 aromatic heterocycles. The normalized spacial score (nSPS) is 11.1. The number of aryl methyl sites for hydroxylation is 1. The Hall–Kier alpha value is -4.17. The molecule has 170 valence electrons. The lowest BCUT2D eigenvalue weighted by molar-refractivity contribution is -0.137. The Labute approximate surface area is 186 Å². The van der Waals surface area contributed by atoms with Gasteiger partial charge in [0.05, 0.1) is 28.6 Å². The lowest BCUT2D eigenvalue weighted by Gasteiger charge is -2.13. The summed E-state index contributed by atoms with van der Waals surface area (Å²) in [6.07, 6.45) is -4.70. The van der Waals surface area contributed by atoms with Crippen molar-refractivity contribution in [2.75, 3.05) is 0 Å². The smallest absolute Gasteiger partial charge is 0.417 e. The Balaban J connectivity index is 1.92. The molecule has 1 heterocycles. The maximum absolute atomic E-state index is 13.3. The fourth-order valence-corrected chi connectivity index (χ4v) is 3.09. The van der Waals surface area contributed by atoms with Gasteiger partial charge in [0.15, 0.2) is 5.75 Å². The number of ether oxygens (including phenoxy) is 1. The molecule has 0 atom stereocenters. The SMILES string of the molecule is CC(=O)N(N)C(=O)c1ccc(Oc2c(C)nn(-c3ccc(C#N)c(C(F)(F)F)c3)c2C)cc1. The number of nitriles is 1. The zero-order valence-electron chi connectivity index (χ0n) is 17.8. The van der Waals surface area contributed by atoms with Gasteiger partial charge in [0.25, 0.3) is 5.91 Å². The van der Waals surface area contributed by atoms with Gasteiger partial charge < -0.3 is 4.74 Å². The molecule has 3 rings (SSSR count). The van der Waals surface area contributed by atoms with Crippen LogP contribution in [0.15, 0.2) is 42.5 Å². The zero-order chi connectivity index (χ0) is 24.5. The van der Waals surface area contributed by atoms with E-state index in [4.69, 9.17) is 15.8 Å². The zero-order valence-corrected chi connectivity index (χ0v) is 17.8. The first-order valence-electron chi connectivity index (χ1n) is 9.49. The Morgan fingerprint density at radius 1 is 1.15 bits per heavy atom. The molecule has 0 radical (unpaired) electrons. The molecule has 33 heavy (non-hydrogen) atoms. The van der Waals surface area contributed by atoms with Crippen LogP contribution in [0.5, 0.6) is 11.5 Å². The fourth-order valence-electron chi connectivity index (χ4n) is 3.09. The largest absolute Gasteiger partial charge is 0.453 e. The predicted octanol–water partition coefficient (Wildman–Crippen LogP) is 4.03. The molecule has 0 bridgehead atoms. The Kier molecular flexibility index (Phi) is 6.23. The van der Waals surface area contributed by atoms with E-state index in [0.29, 0.717) is 27.9 Å². The van der Waals surface area contributed by atoms with Crippen LogP contribution in [-0.4, -0.2) is 26.6 Å². The highest BCUT2D eigenvalue weighted by Crippen LogP contribution is 2.35. The number of carbonyl (C=O) groups excluding carboxylic acids is 2. The second-order valence-corrected chi connectivity index (χ2v) is 7.07. The molecule has 0 aliphatic carbocycles. The first-order valence-corrected chi connectivity index (χ1v) is 9.49. The monoisotopic (exact) mass is 457 g/mol. The standard InChI is InChI=1S/C22H18F3N5O3/c1-12-20(33-18-8-5-15(6-9-18)21(32)29(27)14(3)31)13(2)30(28-12)17-7-4-16(11-26)19(10-17)22(23,24)25/h4-10H,27H2,1-3H3. The molecule has 0 fully saturated rings. The summed E-state index contributed by atoms with van der Waals surface area (Å²) < 4.78 is 47.1. The number of halogens is 3. The van der Waals surface area contributed by atoms with Gasteiger partial charge in [-0.3, -0.25) is 9.59 Å². The summed E-state index contributed by atoms with van der Waals surface area (Å²) in [4.78, 5) is 23.3. The number of rotatable bonds is 4. The summed E-state index contributed by atoms with van der Waals surface area (Å²) in [6, 6.07) is 10.7. The van der Waals surface area contributed by atoms with E-state index in [0.717, 1.165) is 19.1 Å². The highest BCUT2D eigenvalue weighted by atomic mass is 19.4. The van der Waals surface area contributed by atoms with Crippen LogP contribution in [0, 0.1) is 25.2 Å². The molecular formula is C22H18F3N5O3. The number of amides is 2. The summed E-state index contributed by atoms with van der Waals surface area (Å²) in [5, 5.41) is 13.7.